The number of Topliss-reactive ketones (excluding diaryl/α,β-unsaturated/α-hetero) is 1. The van der Waals surface area contributed by atoms with Crippen molar-refractivity contribution in [1.29, 1.82) is 0 Å². The molecule has 1 saturated heterocycles. The summed E-state index contributed by atoms with van der Waals surface area (Å²) in [5.74, 6) is 3.52. The van der Waals surface area contributed by atoms with Crippen LogP contribution in [0, 0.1) is 37.5 Å². The van der Waals surface area contributed by atoms with Crippen LogP contribution in [0.2, 0.25) is 0 Å². The number of carbonyl (C=O) groups excluding carboxylic acids is 1. The predicted octanol–water partition coefficient (Wildman–Crippen LogP) is 9.36. The zero-order valence-corrected chi connectivity index (χ0v) is 23.5. The van der Waals surface area contributed by atoms with Gasteiger partial charge in [-0.2, -0.15) is 0 Å². The smallest absolute Gasteiger partial charge is 0.136 e. The second-order valence-electron chi connectivity index (χ2n) is 12.1. The predicted molar refractivity (Wildman–Crippen MR) is 149 cm³/mol. The molecule has 35 heavy (non-hydrogen) atoms. The fourth-order valence-corrected chi connectivity index (χ4v) is 7.10. The van der Waals surface area contributed by atoms with Gasteiger partial charge < -0.3 is 4.74 Å². The highest BCUT2D eigenvalue weighted by molar-refractivity contribution is 5.81. The number of ether oxygens (including phenoxy) is 1. The SMILES string of the molecule is CCCCCCC(c1cc(C)ccc1C)C1CCCC(C(=O)CC(CCC)CC2CCOCC2)C1. The molecule has 0 amide bonds. The van der Waals surface area contributed by atoms with Crippen LogP contribution in [0.15, 0.2) is 18.2 Å². The second kappa shape index (κ2) is 15.2. The van der Waals surface area contributed by atoms with Crippen LogP contribution >= 0.6 is 0 Å². The number of hydrogen-bond acceptors (Lipinski definition) is 2. The van der Waals surface area contributed by atoms with Gasteiger partial charge in [0.1, 0.15) is 5.78 Å². The van der Waals surface area contributed by atoms with E-state index in [2.05, 4.69) is 45.9 Å². The lowest BCUT2D eigenvalue weighted by Gasteiger charge is -2.36. The standard InChI is InChI=1S/C33H54O2/c1-5-7-8-9-14-31(32-21-25(3)15-16-26(32)4)29-12-10-13-30(24-29)33(34)23-28(11-6-2)22-27-17-19-35-20-18-27/h15-16,21,27-31H,5-14,17-20,22-24H2,1-4H3. The monoisotopic (exact) mass is 482 g/mol. The molecule has 1 aliphatic heterocycles. The maximum absolute atomic E-state index is 13.6. The van der Waals surface area contributed by atoms with Gasteiger partial charge in [-0.1, -0.05) is 82.6 Å². The van der Waals surface area contributed by atoms with E-state index in [1.165, 1.54) is 88.2 Å². The molecule has 4 unspecified atom stereocenters. The molecule has 198 valence electrons. The minimum atomic E-state index is 0.297. The van der Waals surface area contributed by atoms with E-state index >= 15 is 0 Å². The summed E-state index contributed by atoms with van der Waals surface area (Å²) in [6, 6.07) is 7.03. The van der Waals surface area contributed by atoms with E-state index in [4.69, 9.17) is 4.74 Å². The minimum Gasteiger partial charge on any atom is -0.381 e. The van der Waals surface area contributed by atoms with Crippen LogP contribution < -0.4 is 0 Å². The van der Waals surface area contributed by atoms with Gasteiger partial charge >= 0.3 is 0 Å². The molecule has 2 heteroatoms. The Balaban J connectivity index is 1.66. The molecular formula is C33H54O2. The Morgan fingerprint density at radius 1 is 0.971 bits per heavy atom. The lowest BCUT2D eigenvalue weighted by molar-refractivity contribution is -0.125. The molecule has 4 atom stereocenters. The van der Waals surface area contributed by atoms with Crippen LogP contribution in [0.5, 0.6) is 0 Å². The van der Waals surface area contributed by atoms with E-state index in [0.717, 1.165) is 38.4 Å². The highest BCUT2D eigenvalue weighted by atomic mass is 16.5. The van der Waals surface area contributed by atoms with Gasteiger partial charge in [-0.3, -0.25) is 4.79 Å². The molecule has 0 N–H and O–H groups in total. The summed E-state index contributed by atoms with van der Waals surface area (Å²) in [7, 11) is 0. The number of rotatable bonds is 14. The number of aryl methyl sites for hydroxylation is 2. The molecule has 0 radical (unpaired) electrons. The summed E-state index contributed by atoms with van der Waals surface area (Å²) in [4.78, 5) is 13.6. The average Bonchev–Trinajstić information content (AvgIpc) is 2.86. The fourth-order valence-electron chi connectivity index (χ4n) is 7.10. The van der Waals surface area contributed by atoms with Crippen LogP contribution in [0.1, 0.15) is 133 Å². The molecule has 1 aromatic carbocycles. The van der Waals surface area contributed by atoms with Crippen molar-refractivity contribution in [1.82, 2.24) is 0 Å². The van der Waals surface area contributed by atoms with Gasteiger partial charge in [-0.15, -0.1) is 0 Å². The number of hydrogen-bond donors (Lipinski definition) is 0. The van der Waals surface area contributed by atoms with Crippen molar-refractivity contribution in [2.75, 3.05) is 13.2 Å². The van der Waals surface area contributed by atoms with E-state index in [-0.39, 0.29) is 0 Å². The van der Waals surface area contributed by atoms with Crippen LogP contribution in [0.25, 0.3) is 0 Å². The highest BCUT2D eigenvalue weighted by Gasteiger charge is 2.34. The molecule has 3 rings (SSSR count). The summed E-state index contributed by atoms with van der Waals surface area (Å²) in [5.41, 5.74) is 4.40. The Kier molecular flexibility index (Phi) is 12.3. The quantitative estimate of drug-likeness (QED) is 0.247. The molecule has 2 fully saturated rings. The zero-order chi connectivity index (χ0) is 25.0. The number of benzene rings is 1. The Labute approximate surface area is 217 Å². The van der Waals surface area contributed by atoms with Gasteiger partial charge in [0.2, 0.25) is 0 Å². The molecule has 1 aliphatic carbocycles. The molecule has 1 saturated carbocycles. The first-order valence-electron chi connectivity index (χ1n) is 15.2. The fraction of sp³-hybridized carbons (Fsp3) is 0.788. The van der Waals surface area contributed by atoms with Crippen LogP contribution in [-0.2, 0) is 9.53 Å². The van der Waals surface area contributed by atoms with E-state index < -0.39 is 0 Å². The molecule has 0 spiro atoms. The Morgan fingerprint density at radius 3 is 2.51 bits per heavy atom. The number of unbranched alkanes of at least 4 members (excludes halogenated alkanes) is 3. The maximum Gasteiger partial charge on any atom is 0.136 e. The molecule has 0 bridgehead atoms. The van der Waals surface area contributed by atoms with Crippen molar-refractivity contribution in [3.63, 3.8) is 0 Å². The molecular weight excluding hydrogens is 428 g/mol. The first kappa shape index (κ1) is 28.4. The van der Waals surface area contributed by atoms with Crippen LogP contribution in [0.4, 0.5) is 0 Å². The summed E-state index contributed by atoms with van der Waals surface area (Å²) < 4.78 is 5.58. The first-order chi connectivity index (χ1) is 17.0. The molecule has 1 heterocycles. The lowest BCUT2D eigenvalue weighted by atomic mass is 9.68. The van der Waals surface area contributed by atoms with E-state index in [1.54, 1.807) is 5.56 Å². The van der Waals surface area contributed by atoms with Crippen molar-refractivity contribution < 1.29 is 9.53 Å². The molecule has 2 nitrogen and oxygen atoms in total. The minimum absolute atomic E-state index is 0.297. The molecule has 1 aromatic rings. The van der Waals surface area contributed by atoms with Gasteiger partial charge in [-0.25, -0.2) is 0 Å². The molecule has 2 aliphatic rings. The van der Waals surface area contributed by atoms with E-state index in [0.29, 0.717) is 29.5 Å². The summed E-state index contributed by atoms with van der Waals surface area (Å²) in [6.07, 6.45) is 18.2. The summed E-state index contributed by atoms with van der Waals surface area (Å²) in [6.45, 7) is 10.9. The van der Waals surface area contributed by atoms with E-state index in [9.17, 15) is 4.79 Å². The van der Waals surface area contributed by atoms with Crippen molar-refractivity contribution in [3.05, 3.63) is 34.9 Å². The largest absolute Gasteiger partial charge is 0.381 e. The average molecular weight is 483 g/mol. The lowest BCUT2D eigenvalue weighted by Crippen LogP contribution is -2.29. The third-order valence-corrected chi connectivity index (χ3v) is 9.14. The van der Waals surface area contributed by atoms with Gasteiger partial charge in [0.25, 0.3) is 0 Å². The van der Waals surface area contributed by atoms with Gasteiger partial charge in [0.15, 0.2) is 0 Å². The summed E-state index contributed by atoms with van der Waals surface area (Å²) >= 11 is 0. The first-order valence-corrected chi connectivity index (χ1v) is 15.2. The Hall–Kier alpha value is -1.15. The number of carbonyl (C=O) groups is 1. The van der Waals surface area contributed by atoms with E-state index in [1.807, 2.05) is 0 Å². The maximum atomic E-state index is 13.6. The van der Waals surface area contributed by atoms with Crippen LogP contribution in [0.3, 0.4) is 0 Å². The third-order valence-electron chi connectivity index (χ3n) is 9.14. The highest BCUT2D eigenvalue weighted by Crippen LogP contribution is 2.43. The Morgan fingerprint density at radius 2 is 1.77 bits per heavy atom. The van der Waals surface area contributed by atoms with Gasteiger partial charge in [0, 0.05) is 25.6 Å². The second-order valence-corrected chi connectivity index (χ2v) is 12.1. The van der Waals surface area contributed by atoms with Crippen molar-refractivity contribution in [2.24, 2.45) is 23.7 Å². The van der Waals surface area contributed by atoms with Crippen molar-refractivity contribution in [3.8, 4) is 0 Å². The zero-order valence-electron chi connectivity index (χ0n) is 23.5. The van der Waals surface area contributed by atoms with Crippen LogP contribution in [-0.4, -0.2) is 19.0 Å². The number of ketones is 1. The normalized spacial score (nSPS) is 23.2. The van der Waals surface area contributed by atoms with Crippen molar-refractivity contribution >= 4 is 5.78 Å². The summed E-state index contributed by atoms with van der Waals surface area (Å²) in [5, 5.41) is 0. The topological polar surface area (TPSA) is 26.3 Å². The van der Waals surface area contributed by atoms with Crippen molar-refractivity contribution in [2.45, 2.75) is 130 Å². The Bertz CT molecular complexity index is 747. The molecule has 0 aromatic heterocycles. The van der Waals surface area contributed by atoms with Gasteiger partial charge in [-0.05, 0) is 93.6 Å². The van der Waals surface area contributed by atoms with Gasteiger partial charge in [0.05, 0.1) is 0 Å². The third kappa shape index (κ3) is 9.03.